The highest BCUT2D eigenvalue weighted by Gasteiger charge is 2.24. The molecule has 1 aliphatic rings. The molecule has 162 valence electrons. The van der Waals surface area contributed by atoms with E-state index in [1.54, 1.807) is 18.2 Å². The second-order valence-corrected chi connectivity index (χ2v) is 8.59. The van der Waals surface area contributed by atoms with E-state index in [-0.39, 0.29) is 24.4 Å². The van der Waals surface area contributed by atoms with E-state index in [0.29, 0.717) is 27.6 Å². The number of benzene rings is 2. The van der Waals surface area contributed by atoms with Crippen LogP contribution in [-0.2, 0) is 17.6 Å². The molecular weight excluding hydrogens is 429 g/mol. The fourth-order valence-electron chi connectivity index (χ4n) is 3.71. The minimum absolute atomic E-state index is 0.0736. The average Bonchev–Trinajstić information content (AvgIpc) is 3.20. The van der Waals surface area contributed by atoms with E-state index in [9.17, 15) is 9.18 Å². The van der Waals surface area contributed by atoms with E-state index in [1.807, 2.05) is 18.2 Å². The van der Waals surface area contributed by atoms with Gasteiger partial charge >= 0.3 is 0 Å². The molecule has 2 aromatic carbocycles. The summed E-state index contributed by atoms with van der Waals surface area (Å²) in [4.78, 5) is 26.4. The van der Waals surface area contributed by atoms with Crippen LogP contribution in [0, 0.1) is 5.82 Å². The van der Waals surface area contributed by atoms with Crippen LogP contribution in [0.5, 0.6) is 5.75 Å². The summed E-state index contributed by atoms with van der Waals surface area (Å²) in [5.74, 6) is 0.704. The molecule has 32 heavy (non-hydrogen) atoms. The van der Waals surface area contributed by atoms with Crippen molar-refractivity contribution < 1.29 is 13.9 Å². The number of para-hydroxylation sites is 1. The third kappa shape index (κ3) is 4.52. The van der Waals surface area contributed by atoms with Gasteiger partial charge in [-0.15, -0.1) is 11.3 Å². The molecule has 1 atom stereocenters. The number of fused-ring (bicyclic) bond motifs is 2. The summed E-state index contributed by atoms with van der Waals surface area (Å²) >= 11 is 1.47. The van der Waals surface area contributed by atoms with Crippen molar-refractivity contribution in [1.29, 1.82) is 0 Å². The molecule has 0 saturated heterocycles. The first-order valence-corrected chi connectivity index (χ1v) is 11.1. The molecule has 1 amide bonds. The number of hydrogen-bond donors (Lipinski definition) is 2. The van der Waals surface area contributed by atoms with Crippen molar-refractivity contribution in [3.05, 3.63) is 71.2 Å². The van der Waals surface area contributed by atoms with Gasteiger partial charge in [-0.25, -0.2) is 19.3 Å². The third-order valence-electron chi connectivity index (χ3n) is 5.24. The molecule has 9 heteroatoms. The second kappa shape index (κ2) is 8.88. The van der Waals surface area contributed by atoms with Gasteiger partial charge in [0.25, 0.3) is 5.91 Å². The Kier molecular flexibility index (Phi) is 5.64. The second-order valence-electron chi connectivity index (χ2n) is 7.51. The Balaban J connectivity index is 1.22. The number of halogens is 1. The fraction of sp³-hybridized carbons (Fsp3) is 0.217. The average molecular weight is 450 g/mol. The van der Waals surface area contributed by atoms with Crippen LogP contribution in [0.15, 0.2) is 54.9 Å². The lowest BCUT2D eigenvalue weighted by Crippen LogP contribution is -2.27. The number of aromatic nitrogens is 3. The molecule has 4 aromatic rings. The first-order valence-electron chi connectivity index (χ1n) is 10.3. The molecule has 2 N–H and O–H groups in total. The quantitative estimate of drug-likeness (QED) is 0.458. The van der Waals surface area contributed by atoms with Gasteiger partial charge in [-0.2, -0.15) is 0 Å². The topological polar surface area (TPSA) is 89.0 Å². The summed E-state index contributed by atoms with van der Waals surface area (Å²) in [6.45, 7) is -0.0736. The zero-order chi connectivity index (χ0) is 21.9. The zero-order valence-electron chi connectivity index (χ0n) is 17.0. The smallest absolute Gasteiger partial charge is 0.264 e. The third-order valence-corrected chi connectivity index (χ3v) is 6.27. The molecule has 2 aromatic heterocycles. The van der Waals surface area contributed by atoms with Crippen molar-refractivity contribution >= 4 is 39.1 Å². The van der Waals surface area contributed by atoms with Crippen molar-refractivity contribution in [2.45, 2.75) is 25.3 Å². The van der Waals surface area contributed by atoms with Crippen molar-refractivity contribution in [3.63, 3.8) is 0 Å². The molecule has 5 rings (SSSR count). The lowest BCUT2D eigenvalue weighted by Gasteiger charge is -2.23. The summed E-state index contributed by atoms with van der Waals surface area (Å²) in [6.07, 6.45) is 3.89. The number of amides is 1. The van der Waals surface area contributed by atoms with E-state index in [1.165, 1.54) is 29.8 Å². The first-order chi connectivity index (χ1) is 15.6. The standard InChI is InChI=1S/C23H20FN5O2S/c24-14-6-8-18-17(10-14)22(26-13-25-18)27-15-7-9-19-20(11-15)32-23(28-19)29-21(30)12-31-16-4-2-1-3-5-16/h1-6,8,10,13,15H,7,9,11-12H2,(H,25,26,27)(H,28,29,30). The van der Waals surface area contributed by atoms with Gasteiger partial charge in [-0.05, 0) is 43.2 Å². The molecule has 0 saturated carbocycles. The van der Waals surface area contributed by atoms with Crippen LogP contribution in [0.3, 0.4) is 0 Å². The van der Waals surface area contributed by atoms with Gasteiger partial charge in [0.2, 0.25) is 0 Å². The maximum atomic E-state index is 13.7. The Labute approximate surface area is 187 Å². The molecule has 0 aliphatic heterocycles. The maximum absolute atomic E-state index is 13.7. The monoisotopic (exact) mass is 449 g/mol. The Morgan fingerprint density at radius 3 is 2.94 bits per heavy atom. The Morgan fingerprint density at radius 2 is 2.06 bits per heavy atom. The molecule has 0 fully saturated rings. The largest absolute Gasteiger partial charge is 0.484 e. The number of carbonyl (C=O) groups is 1. The van der Waals surface area contributed by atoms with E-state index in [0.717, 1.165) is 29.8 Å². The van der Waals surface area contributed by atoms with Gasteiger partial charge in [-0.3, -0.25) is 10.1 Å². The molecule has 7 nitrogen and oxygen atoms in total. The highest BCUT2D eigenvalue weighted by molar-refractivity contribution is 7.15. The summed E-state index contributed by atoms with van der Waals surface area (Å²) in [5, 5.41) is 7.50. The predicted octanol–water partition coefficient (Wildman–Crippen LogP) is 4.21. The fourth-order valence-corrected chi connectivity index (χ4v) is 4.81. The van der Waals surface area contributed by atoms with Crippen molar-refractivity contribution in [2.24, 2.45) is 0 Å². The number of nitrogens with one attached hydrogen (secondary N) is 2. The first kappa shape index (κ1) is 20.3. The number of rotatable bonds is 6. The van der Waals surface area contributed by atoms with Crippen LogP contribution in [0.25, 0.3) is 10.9 Å². The highest BCUT2D eigenvalue weighted by atomic mass is 32.1. The molecule has 2 heterocycles. The van der Waals surface area contributed by atoms with Crippen molar-refractivity contribution in [2.75, 3.05) is 17.2 Å². The maximum Gasteiger partial charge on any atom is 0.264 e. The minimum Gasteiger partial charge on any atom is -0.484 e. The molecule has 1 aliphatic carbocycles. The highest BCUT2D eigenvalue weighted by Crippen LogP contribution is 2.31. The molecule has 0 spiro atoms. The van der Waals surface area contributed by atoms with Crippen molar-refractivity contribution in [1.82, 2.24) is 15.0 Å². The van der Waals surface area contributed by atoms with Crippen LogP contribution in [0.1, 0.15) is 17.0 Å². The van der Waals surface area contributed by atoms with Crippen LogP contribution < -0.4 is 15.4 Å². The summed E-state index contributed by atoms with van der Waals surface area (Å²) in [6, 6.07) is 13.8. The number of anilines is 2. The van der Waals surface area contributed by atoms with Gasteiger partial charge in [-0.1, -0.05) is 18.2 Å². The van der Waals surface area contributed by atoms with E-state index in [4.69, 9.17) is 4.74 Å². The molecule has 1 unspecified atom stereocenters. The predicted molar refractivity (Wildman–Crippen MR) is 122 cm³/mol. The summed E-state index contributed by atoms with van der Waals surface area (Å²) < 4.78 is 19.2. The van der Waals surface area contributed by atoms with Gasteiger partial charge in [0, 0.05) is 22.7 Å². The van der Waals surface area contributed by atoms with Gasteiger partial charge in [0.15, 0.2) is 11.7 Å². The Bertz CT molecular complexity index is 1260. The van der Waals surface area contributed by atoms with Gasteiger partial charge in [0.05, 0.1) is 11.2 Å². The van der Waals surface area contributed by atoms with E-state index >= 15 is 0 Å². The normalized spacial score (nSPS) is 15.2. The summed E-state index contributed by atoms with van der Waals surface area (Å²) in [7, 11) is 0. The minimum atomic E-state index is -0.319. The summed E-state index contributed by atoms with van der Waals surface area (Å²) in [5.41, 5.74) is 1.70. The number of carbonyl (C=O) groups excluding carboxylic acids is 1. The molecule has 0 radical (unpaired) electrons. The van der Waals surface area contributed by atoms with E-state index < -0.39 is 0 Å². The molecule has 0 bridgehead atoms. The van der Waals surface area contributed by atoms with E-state index in [2.05, 4.69) is 25.6 Å². The SMILES string of the molecule is O=C(COc1ccccc1)Nc1nc2c(s1)CC(Nc1ncnc3ccc(F)cc13)CC2. The Morgan fingerprint density at radius 1 is 1.19 bits per heavy atom. The number of nitrogens with zero attached hydrogens (tertiary/aromatic N) is 3. The van der Waals surface area contributed by atoms with Gasteiger partial charge < -0.3 is 10.1 Å². The van der Waals surface area contributed by atoms with Crippen LogP contribution in [-0.4, -0.2) is 33.5 Å². The number of thiazole rings is 1. The number of ether oxygens (including phenoxy) is 1. The number of hydrogen-bond acceptors (Lipinski definition) is 7. The zero-order valence-corrected chi connectivity index (χ0v) is 17.9. The lowest BCUT2D eigenvalue weighted by atomic mass is 9.97. The Hall–Kier alpha value is -3.59. The van der Waals surface area contributed by atoms with Crippen LogP contribution in [0.2, 0.25) is 0 Å². The van der Waals surface area contributed by atoms with Crippen LogP contribution >= 0.6 is 11.3 Å². The van der Waals surface area contributed by atoms with Gasteiger partial charge in [0.1, 0.15) is 23.7 Å². The lowest BCUT2D eigenvalue weighted by molar-refractivity contribution is -0.118. The molecular formula is C23H20FN5O2S. The van der Waals surface area contributed by atoms with Crippen LogP contribution in [0.4, 0.5) is 15.3 Å². The number of aryl methyl sites for hydroxylation is 1. The van der Waals surface area contributed by atoms with Crippen molar-refractivity contribution in [3.8, 4) is 5.75 Å².